The summed E-state index contributed by atoms with van der Waals surface area (Å²) in [4.78, 5) is 26.4. The maximum atomic E-state index is 12.8. The molecule has 4 rings (SSSR count). The summed E-state index contributed by atoms with van der Waals surface area (Å²) in [6, 6.07) is 14.1. The van der Waals surface area contributed by atoms with Crippen LogP contribution >= 0.6 is 0 Å². The van der Waals surface area contributed by atoms with E-state index < -0.39 is 5.92 Å². The van der Waals surface area contributed by atoms with Crippen LogP contribution in [0.2, 0.25) is 0 Å². The van der Waals surface area contributed by atoms with Gasteiger partial charge in [-0.25, -0.2) is 4.90 Å². The van der Waals surface area contributed by atoms with Crippen molar-refractivity contribution in [3.8, 4) is 5.75 Å². The van der Waals surface area contributed by atoms with Crippen LogP contribution in [-0.4, -0.2) is 24.1 Å². The van der Waals surface area contributed by atoms with Gasteiger partial charge in [-0.2, -0.15) is 0 Å². The standard InChI is InChI=1S/C18H14N2O4/c1-23-12-8-6-11(7-9-12)20-16(21)10-14(18(20)22)17-13-4-2-3-5-15(13)24-19-17/h2-9,14H,10H2,1H3. The predicted molar refractivity (Wildman–Crippen MR) is 86.9 cm³/mol. The van der Waals surface area contributed by atoms with Crippen molar-refractivity contribution < 1.29 is 18.8 Å². The monoisotopic (exact) mass is 322 g/mol. The number of aromatic nitrogens is 1. The Morgan fingerprint density at radius 3 is 2.62 bits per heavy atom. The Kier molecular flexibility index (Phi) is 3.30. The summed E-state index contributed by atoms with van der Waals surface area (Å²) < 4.78 is 10.4. The second-order valence-electron chi connectivity index (χ2n) is 5.59. The molecule has 2 heterocycles. The molecule has 0 spiro atoms. The lowest BCUT2D eigenvalue weighted by Gasteiger charge is -2.15. The number of ether oxygens (including phenoxy) is 1. The number of anilines is 1. The largest absolute Gasteiger partial charge is 0.497 e. The summed E-state index contributed by atoms with van der Waals surface area (Å²) in [5.74, 6) is -0.494. The number of amides is 2. The van der Waals surface area contributed by atoms with E-state index in [0.717, 1.165) is 5.39 Å². The molecule has 2 aromatic carbocycles. The van der Waals surface area contributed by atoms with E-state index in [4.69, 9.17) is 9.26 Å². The van der Waals surface area contributed by atoms with Crippen molar-refractivity contribution in [2.24, 2.45) is 0 Å². The molecule has 1 atom stereocenters. The third-order valence-electron chi connectivity index (χ3n) is 4.21. The zero-order valence-corrected chi connectivity index (χ0v) is 12.9. The first-order valence-electron chi connectivity index (χ1n) is 7.54. The highest BCUT2D eigenvalue weighted by Crippen LogP contribution is 2.36. The summed E-state index contributed by atoms with van der Waals surface area (Å²) in [6.07, 6.45) is 0.0847. The van der Waals surface area contributed by atoms with Crippen molar-refractivity contribution in [2.75, 3.05) is 12.0 Å². The zero-order chi connectivity index (χ0) is 16.7. The van der Waals surface area contributed by atoms with Crippen LogP contribution in [0.3, 0.4) is 0 Å². The average molecular weight is 322 g/mol. The van der Waals surface area contributed by atoms with Crippen LogP contribution in [0.5, 0.6) is 5.75 Å². The van der Waals surface area contributed by atoms with E-state index in [0.29, 0.717) is 22.7 Å². The van der Waals surface area contributed by atoms with E-state index in [2.05, 4.69) is 5.16 Å². The molecule has 3 aromatic rings. The average Bonchev–Trinajstić information content (AvgIpc) is 3.16. The number of nitrogens with zero attached hydrogens (tertiary/aromatic N) is 2. The van der Waals surface area contributed by atoms with Gasteiger partial charge in [-0.3, -0.25) is 9.59 Å². The molecule has 6 heteroatoms. The molecule has 6 nitrogen and oxygen atoms in total. The molecule has 1 aliphatic rings. The highest BCUT2D eigenvalue weighted by Gasteiger charge is 2.42. The van der Waals surface area contributed by atoms with E-state index in [1.165, 1.54) is 4.90 Å². The van der Waals surface area contributed by atoms with Gasteiger partial charge in [-0.15, -0.1) is 0 Å². The quantitative estimate of drug-likeness (QED) is 0.693. The first kappa shape index (κ1) is 14.4. The van der Waals surface area contributed by atoms with Crippen LogP contribution in [-0.2, 0) is 9.59 Å². The molecular formula is C18H14N2O4. The Labute approximate surface area is 137 Å². The van der Waals surface area contributed by atoms with Crippen molar-refractivity contribution in [2.45, 2.75) is 12.3 Å². The molecule has 2 amide bonds. The van der Waals surface area contributed by atoms with Crippen LogP contribution in [0, 0.1) is 0 Å². The summed E-state index contributed by atoms with van der Waals surface area (Å²) in [5, 5.41) is 4.79. The van der Waals surface area contributed by atoms with Gasteiger partial charge in [0.2, 0.25) is 11.8 Å². The fourth-order valence-corrected chi connectivity index (χ4v) is 3.00. The third kappa shape index (κ3) is 2.15. The molecule has 24 heavy (non-hydrogen) atoms. The van der Waals surface area contributed by atoms with Gasteiger partial charge < -0.3 is 9.26 Å². The maximum Gasteiger partial charge on any atom is 0.243 e. The SMILES string of the molecule is COc1ccc(N2C(=O)CC(c3noc4ccccc34)C2=O)cc1. The van der Waals surface area contributed by atoms with E-state index in [-0.39, 0.29) is 18.2 Å². The minimum absolute atomic E-state index is 0.0847. The molecule has 0 aliphatic carbocycles. The van der Waals surface area contributed by atoms with Crippen LogP contribution in [0.1, 0.15) is 18.0 Å². The normalized spacial score (nSPS) is 17.7. The Balaban J connectivity index is 1.70. The van der Waals surface area contributed by atoms with Gasteiger partial charge in [0, 0.05) is 11.8 Å². The molecule has 0 saturated carbocycles. The highest BCUT2D eigenvalue weighted by atomic mass is 16.5. The lowest BCUT2D eigenvalue weighted by atomic mass is 10.0. The Morgan fingerprint density at radius 1 is 1.12 bits per heavy atom. The number of methoxy groups -OCH3 is 1. The third-order valence-corrected chi connectivity index (χ3v) is 4.21. The Hall–Kier alpha value is -3.15. The summed E-state index contributed by atoms with van der Waals surface area (Å²) in [7, 11) is 1.56. The van der Waals surface area contributed by atoms with Crippen LogP contribution in [0.15, 0.2) is 53.1 Å². The number of para-hydroxylation sites is 1. The van der Waals surface area contributed by atoms with Gasteiger partial charge in [-0.1, -0.05) is 17.3 Å². The summed E-state index contributed by atoms with van der Waals surface area (Å²) in [5.41, 5.74) is 1.65. The van der Waals surface area contributed by atoms with Crippen LogP contribution < -0.4 is 9.64 Å². The van der Waals surface area contributed by atoms with E-state index in [9.17, 15) is 9.59 Å². The first-order valence-corrected chi connectivity index (χ1v) is 7.54. The molecule has 1 unspecified atom stereocenters. The lowest BCUT2D eigenvalue weighted by molar-refractivity contribution is -0.121. The van der Waals surface area contributed by atoms with Crippen LogP contribution in [0.25, 0.3) is 11.0 Å². The molecule has 120 valence electrons. The predicted octanol–water partition coefficient (Wildman–Crippen LogP) is 2.88. The maximum absolute atomic E-state index is 12.8. The van der Waals surface area contributed by atoms with Crippen molar-refractivity contribution in [1.82, 2.24) is 5.16 Å². The number of hydrogen-bond acceptors (Lipinski definition) is 5. The van der Waals surface area contributed by atoms with Crippen molar-refractivity contribution in [3.63, 3.8) is 0 Å². The fourth-order valence-electron chi connectivity index (χ4n) is 3.00. The number of carbonyl (C=O) groups is 2. The second-order valence-corrected chi connectivity index (χ2v) is 5.59. The molecule has 0 radical (unpaired) electrons. The first-order chi connectivity index (χ1) is 11.7. The van der Waals surface area contributed by atoms with Gasteiger partial charge in [0.25, 0.3) is 0 Å². The number of benzene rings is 2. The molecular weight excluding hydrogens is 308 g/mol. The van der Waals surface area contributed by atoms with E-state index in [1.807, 2.05) is 18.2 Å². The minimum atomic E-state index is -0.622. The fraction of sp³-hybridized carbons (Fsp3) is 0.167. The van der Waals surface area contributed by atoms with Crippen molar-refractivity contribution >= 4 is 28.5 Å². The summed E-state index contributed by atoms with van der Waals surface area (Å²) >= 11 is 0. The number of carbonyl (C=O) groups excluding carboxylic acids is 2. The molecule has 1 aliphatic heterocycles. The van der Waals surface area contributed by atoms with E-state index in [1.54, 1.807) is 37.4 Å². The summed E-state index contributed by atoms with van der Waals surface area (Å²) in [6.45, 7) is 0. The van der Waals surface area contributed by atoms with Gasteiger partial charge >= 0.3 is 0 Å². The van der Waals surface area contributed by atoms with Gasteiger partial charge in [-0.05, 0) is 36.4 Å². The van der Waals surface area contributed by atoms with Gasteiger partial charge in [0.15, 0.2) is 5.58 Å². The molecule has 0 bridgehead atoms. The minimum Gasteiger partial charge on any atom is -0.497 e. The molecule has 1 saturated heterocycles. The topological polar surface area (TPSA) is 72.6 Å². The Bertz CT molecular complexity index is 930. The lowest BCUT2D eigenvalue weighted by Crippen LogP contribution is -2.30. The molecule has 1 fully saturated rings. The molecule has 1 aromatic heterocycles. The van der Waals surface area contributed by atoms with E-state index >= 15 is 0 Å². The Morgan fingerprint density at radius 2 is 1.88 bits per heavy atom. The highest BCUT2D eigenvalue weighted by molar-refractivity contribution is 6.23. The van der Waals surface area contributed by atoms with Gasteiger partial charge in [0.05, 0.1) is 18.7 Å². The van der Waals surface area contributed by atoms with Crippen LogP contribution in [0.4, 0.5) is 5.69 Å². The number of fused-ring (bicyclic) bond motifs is 1. The van der Waals surface area contributed by atoms with Crippen molar-refractivity contribution in [3.05, 3.63) is 54.2 Å². The smallest absolute Gasteiger partial charge is 0.243 e. The zero-order valence-electron chi connectivity index (χ0n) is 12.9. The number of rotatable bonds is 3. The van der Waals surface area contributed by atoms with Crippen molar-refractivity contribution in [1.29, 1.82) is 0 Å². The van der Waals surface area contributed by atoms with Gasteiger partial charge in [0.1, 0.15) is 11.4 Å². The number of hydrogen-bond donors (Lipinski definition) is 0. The number of imide groups is 1. The molecule has 0 N–H and O–H groups in total. The second kappa shape index (κ2) is 5.49.